The number of hydrogen-bond acceptors (Lipinski definition) is 3. The van der Waals surface area contributed by atoms with Crippen LogP contribution in [-0.4, -0.2) is 38.0 Å². The maximum atomic E-state index is 12.0. The quantitative estimate of drug-likeness (QED) is 0.528. The van der Waals surface area contributed by atoms with Crippen molar-refractivity contribution in [3.63, 3.8) is 0 Å². The Morgan fingerprint density at radius 2 is 2.04 bits per heavy atom. The van der Waals surface area contributed by atoms with Crippen LogP contribution in [0.25, 0.3) is 0 Å². The second kappa shape index (κ2) is 8.91. The number of hydrogen-bond donors (Lipinski definition) is 3. The molecule has 1 rings (SSSR count). The van der Waals surface area contributed by atoms with Gasteiger partial charge in [-0.05, 0) is 46.8 Å². The summed E-state index contributed by atoms with van der Waals surface area (Å²) in [6.07, 6.45) is 0.957. The van der Waals surface area contributed by atoms with Crippen LogP contribution in [0.2, 0.25) is 0 Å². The number of rotatable bonds is 7. The normalized spacial score (nSPS) is 13.6. The molecule has 0 fully saturated rings. The molecule has 5 nitrogen and oxygen atoms in total. The molecule has 1 heterocycles. The average molecular weight is 339 g/mol. The largest absolute Gasteiger partial charge is 0.356 e. The van der Waals surface area contributed by atoms with Crippen molar-refractivity contribution in [3.8, 4) is 0 Å². The number of amides is 1. The van der Waals surface area contributed by atoms with Gasteiger partial charge >= 0.3 is 0 Å². The number of thiophene rings is 1. The molecule has 0 aliphatic heterocycles. The molecule has 1 amide bonds. The van der Waals surface area contributed by atoms with E-state index in [1.165, 1.54) is 9.75 Å². The molecule has 0 saturated heterocycles. The van der Waals surface area contributed by atoms with E-state index in [9.17, 15) is 4.79 Å². The van der Waals surface area contributed by atoms with Crippen LogP contribution < -0.4 is 16.0 Å². The zero-order valence-electron chi connectivity index (χ0n) is 15.1. The van der Waals surface area contributed by atoms with Gasteiger partial charge < -0.3 is 16.0 Å². The molecule has 130 valence electrons. The Labute approximate surface area is 144 Å². The fourth-order valence-electron chi connectivity index (χ4n) is 2.16. The van der Waals surface area contributed by atoms with Gasteiger partial charge in [0.2, 0.25) is 5.91 Å². The number of aliphatic imine (C=N–C) groups is 1. The van der Waals surface area contributed by atoms with Crippen LogP contribution in [0.15, 0.2) is 17.1 Å². The van der Waals surface area contributed by atoms with Gasteiger partial charge in [0.25, 0.3) is 0 Å². The summed E-state index contributed by atoms with van der Waals surface area (Å²) in [5.41, 5.74) is -0.484. The van der Waals surface area contributed by atoms with Gasteiger partial charge in [0.15, 0.2) is 5.96 Å². The monoisotopic (exact) mass is 338 g/mol. The number of aryl methyl sites for hydroxylation is 1. The summed E-state index contributed by atoms with van der Waals surface area (Å²) in [5, 5.41) is 9.50. The first kappa shape index (κ1) is 19.5. The average Bonchev–Trinajstić information content (AvgIpc) is 2.88. The molecule has 0 aliphatic rings. The van der Waals surface area contributed by atoms with Crippen LogP contribution >= 0.6 is 11.3 Å². The van der Waals surface area contributed by atoms with Gasteiger partial charge in [0, 0.05) is 42.4 Å². The summed E-state index contributed by atoms with van der Waals surface area (Å²) in [5.74, 6) is 0.771. The minimum Gasteiger partial charge on any atom is -0.356 e. The fraction of sp³-hybridized carbons (Fsp3) is 0.647. The van der Waals surface area contributed by atoms with Gasteiger partial charge in [-0.1, -0.05) is 0 Å². The van der Waals surface area contributed by atoms with E-state index < -0.39 is 5.41 Å². The molecular weight excluding hydrogens is 308 g/mol. The molecule has 1 aromatic heterocycles. The van der Waals surface area contributed by atoms with Crippen molar-refractivity contribution in [2.24, 2.45) is 10.4 Å². The molecule has 1 atom stereocenters. The van der Waals surface area contributed by atoms with Gasteiger partial charge in [-0.15, -0.1) is 11.3 Å². The van der Waals surface area contributed by atoms with Crippen LogP contribution in [0.4, 0.5) is 0 Å². The molecule has 0 aliphatic carbocycles. The Kier molecular flexibility index (Phi) is 7.55. The molecule has 1 aromatic rings. The third-order valence-electron chi connectivity index (χ3n) is 3.56. The zero-order valence-corrected chi connectivity index (χ0v) is 15.9. The fourth-order valence-corrected chi connectivity index (χ4v) is 3.18. The van der Waals surface area contributed by atoms with Crippen LogP contribution in [0.1, 0.15) is 37.4 Å². The van der Waals surface area contributed by atoms with E-state index in [2.05, 4.69) is 46.9 Å². The van der Waals surface area contributed by atoms with E-state index in [4.69, 9.17) is 0 Å². The van der Waals surface area contributed by atoms with Gasteiger partial charge in [0.05, 0.1) is 5.41 Å². The lowest BCUT2D eigenvalue weighted by molar-refractivity contribution is -0.128. The van der Waals surface area contributed by atoms with Crippen molar-refractivity contribution in [2.75, 3.05) is 20.1 Å². The van der Waals surface area contributed by atoms with Crippen LogP contribution in [0.5, 0.6) is 0 Å². The molecular formula is C17H30N4OS. The van der Waals surface area contributed by atoms with Crippen molar-refractivity contribution in [1.82, 2.24) is 16.0 Å². The van der Waals surface area contributed by atoms with Crippen LogP contribution in [-0.2, 0) is 11.2 Å². The lowest BCUT2D eigenvalue weighted by atomic mass is 9.92. The number of carbonyl (C=O) groups excluding carboxylic acids is 1. The highest BCUT2D eigenvalue weighted by Gasteiger charge is 2.27. The van der Waals surface area contributed by atoms with E-state index in [-0.39, 0.29) is 11.9 Å². The Morgan fingerprint density at radius 3 is 2.57 bits per heavy atom. The third-order valence-corrected chi connectivity index (χ3v) is 4.58. The number of guanidine groups is 1. The van der Waals surface area contributed by atoms with E-state index in [1.54, 1.807) is 7.05 Å². The molecule has 6 heteroatoms. The first-order chi connectivity index (χ1) is 10.8. The van der Waals surface area contributed by atoms with Crippen molar-refractivity contribution in [2.45, 2.75) is 47.1 Å². The van der Waals surface area contributed by atoms with Gasteiger partial charge in [0.1, 0.15) is 0 Å². The Morgan fingerprint density at radius 1 is 1.35 bits per heavy atom. The third kappa shape index (κ3) is 6.60. The second-order valence-electron chi connectivity index (χ2n) is 6.43. The topological polar surface area (TPSA) is 65.5 Å². The Hall–Kier alpha value is -1.56. The van der Waals surface area contributed by atoms with Crippen LogP contribution in [0.3, 0.4) is 0 Å². The first-order valence-corrected chi connectivity index (χ1v) is 8.91. The molecule has 3 N–H and O–H groups in total. The molecule has 0 bridgehead atoms. The molecule has 23 heavy (non-hydrogen) atoms. The predicted octanol–water partition coefficient (Wildman–Crippen LogP) is 2.31. The second-order valence-corrected chi connectivity index (χ2v) is 7.80. The minimum absolute atomic E-state index is 0.0464. The molecule has 0 radical (unpaired) electrons. The van der Waals surface area contributed by atoms with Crippen LogP contribution in [0, 0.1) is 12.3 Å². The summed E-state index contributed by atoms with van der Waals surface area (Å²) in [4.78, 5) is 19.0. The summed E-state index contributed by atoms with van der Waals surface area (Å²) < 4.78 is 0. The highest BCUT2D eigenvalue weighted by Crippen LogP contribution is 2.17. The van der Waals surface area contributed by atoms with Crippen molar-refractivity contribution >= 4 is 23.2 Å². The smallest absolute Gasteiger partial charge is 0.227 e. The number of carbonyl (C=O) groups is 1. The van der Waals surface area contributed by atoms with Gasteiger partial charge in [-0.25, -0.2) is 0 Å². The van der Waals surface area contributed by atoms with Gasteiger partial charge in [-0.2, -0.15) is 0 Å². The predicted molar refractivity (Wildman–Crippen MR) is 99.2 cm³/mol. The lowest BCUT2D eigenvalue weighted by Crippen LogP contribution is -2.49. The molecule has 0 spiro atoms. The Balaban J connectivity index is 2.49. The van der Waals surface area contributed by atoms with E-state index in [0.29, 0.717) is 13.1 Å². The first-order valence-electron chi connectivity index (χ1n) is 8.09. The summed E-state index contributed by atoms with van der Waals surface area (Å²) in [6.45, 7) is 11.2. The molecule has 1 unspecified atom stereocenters. The van der Waals surface area contributed by atoms with Crippen molar-refractivity contribution in [1.29, 1.82) is 0 Å². The standard InChI is InChI=1S/C17H30N4OS/c1-7-19-15(22)17(4,5)11-20-16(18-6)21-12(2)10-14-9-8-13(3)23-14/h8-9,12H,7,10-11H2,1-6H3,(H,19,22)(H2,18,20,21). The Bertz CT molecular complexity index is 536. The highest BCUT2D eigenvalue weighted by atomic mass is 32.1. The summed E-state index contributed by atoms with van der Waals surface area (Å²) in [6, 6.07) is 4.59. The molecule has 0 saturated carbocycles. The van der Waals surface area contributed by atoms with Crippen molar-refractivity contribution < 1.29 is 4.79 Å². The zero-order chi connectivity index (χ0) is 17.5. The van der Waals surface area contributed by atoms with E-state index in [1.807, 2.05) is 32.1 Å². The van der Waals surface area contributed by atoms with E-state index in [0.717, 1.165) is 12.4 Å². The SMILES string of the molecule is CCNC(=O)C(C)(C)CNC(=NC)NC(C)Cc1ccc(C)s1. The highest BCUT2D eigenvalue weighted by molar-refractivity contribution is 7.11. The lowest BCUT2D eigenvalue weighted by Gasteiger charge is -2.25. The maximum Gasteiger partial charge on any atom is 0.227 e. The number of nitrogens with zero attached hydrogens (tertiary/aromatic N) is 1. The molecule has 0 aromatic carbocycles. The number of nitrogens with one attached hydrogen (secondary N) is 3. The maximum absolute atomic E-state index is 12.0. The van der Waals surface area contributed by atoms with Crippen molar-refractivity contribution in [3.05, 3.63) is 21.9 Å². The minimum atomic E-state index is -0.484. The van der Waals surface area contributed by atoms with Gasteiger partial charge in [-0.3, -0.25) is 9.79 Å². The summed E-state index contributed by atoms with van der Waals surface area (Å²) >= 11 is 1.82. The van der Waals surface area contributed by atoms with E-state index >= 15 is 0 Å². The summed E-state index contributed by atoms with van der Waals surface area (Å²) in [7, 11) is 1.75.